The number of hydrogen-bond donors (Lipinski definition) is 2. The minimum Gasteiger partial charge on any atom is -0.506 e. The van der Waals surface area contributed by atoms with Crippen LogP contribution in [0.1, 0.15) is 5.56 Å². The van der Waals surface area contributed by atoms with Gasteiger partial charge in [0.05, 0.1) is 14.5 Å². The highest BCUT2D eigenvalue weighted by molar-refractivity contribution is 9.11. The van der Waals surface area contributed by atoms with Crippen molar-refractivity contribution in [3.63, 3.8) is 0 Å². The molecule has 0 bridgehead atoms. The van der Waals surface area contributed by atoms with Crippen molar-refractivity contribution >= 4 is 48.5 Å². The molecule has 1 heterocycles. The zero-order valence-electron chi connectivity index (χ0n) is 11.7. The van der Waals surface area contributed by atoms with Crippen LogP contribution in [0.3, 0.4) is 0 Å². The predicted molar refractivity (Wildman–Crippen MR) is 97.4 cm³/mol. The quantitative estimate of drug-likeness (QED) is 0.614. The minimum absolute atomic E-state index is 0.235. The lowest BCUT2D eigenvalue weighted by Gasteiger charge is -2.09. The van der Waals surface area contributed by atoms with Crippen LogP contribution in [-0.4, -0.2) is 16.6 Å². The zero-order chi connectivity index (χ0) is 15.5. The number of rotatable bonds is 4. The minimum atomic E-state index is 0.235. The molecule has 22 heavy (non-hydrogen) atoms. The molecule has 0 saturated heterocycles. The van der Waals surface area contributed by atoms with Gasteiger partial charge in [0.2, 0.25) is 0 Å². The fourth-order valence-electron chi connectivity index (χ4n) is 2.30. The summed E-state index contributed by atoms with van der Waals surface area (Å²) in [6.07, 6.45) is 2.67. The fourth-order valence-corrected chi connectivity index (χ4v) is 3.58. The molecule has 0 fully saturated rings. The molecule has 0 saturated carbocycles. The number of aromatic nitrogens is 1. The number of pyridine rings is 1. The number of phenolic OH excluding ortho intramolecular Hbond substituents is 1. The summed E-state index contributed by atoms with van der Waals surface area (Å²) in [5.41, 5.74) is 3.23. The molecule has 2 N–H and O–H groups in total. The van der Waals surface area contributed by atoms with Crippen molar-refractivity contribution in [2.75, 3.05) is 11.9 Å². The van der Waals surface area contributed by atoms with E-state index in [1.165, 1.54) is 0 Å². The maximum Gasteiger partial charge on any atom is 0.143 e. The average Bonchev–Trinajstić information content (AvgIpc) is 2.52. The van der Waals surface area contributed by atoms with Crippen LogP contribution in [0.4, 0.5) is 5.69 Å². The largest absolute Gasteiger partial charge is 0.506 e. The van der Waals surface area contributed by atoms with Crippen LogP contribution < -0.4 is 5.32 Å². The third-order valence-corrected chi connectivity index (χ3v) is 4.63. The summed E-state index contributed by atoms with van der Waals surface area (Å²) >= 11 is 6.71. The molecule has 0 unspecified atom stereocenters. The van der Waals surface area contributed by atoms with Gasteiger partial charge in [-0.15, -0.1) is 0 Å². The van der Waals surface area contributed by atoms with Crippen LogP contribution in [0.25, 0.3) is 10.9 Å². The Morgan fingerprint density at radius 3 is 2.59 bits per heavy atom. The second-order valence-corrected chi connectivity index (χ2v) is 6.70. The van der Waals surface area contributed by atoms with Gasteiger partial charge in [0.25, 0.3) is 0 Å². The highest BCUT2D eigenvalue weighted by atomic mass is 79.9. The number of fused-ring (bicyclic) bond motifs is 1. The van der Waals surface area contributed by atoms with Crippen LogP contribution >= 0.6 is 31.9 Å². The summed E-state index contributed by atoms with van der Waals surface area (Å²) in [5, 5.41) is 14.3. The number of aromatic hydroxyl groups is 1. The topological polar surface area (TPSA) is 45.1 Å². The van der Waals surface area contributed by atoms with Crippen molar-refractivity contribution in [3.05, 3.63) is 63.2 Å². The molecule has 3 rings (SSSR count). The van der Waals surface area contributed by atoms with Crippen molar-refractivity contribution in [1.82, 2.24) is 4.98 Å². The van der Waals surface area contributed by atoms with E-state index in [0.717, 1.165) is 35.1 Å². The third kappa shape index (κ3) is 3.42. The Bertz CT molecular complexity index is 798. The number of benzene rings is 2. The van der Waals surface area contributed by atoms with E-state index in [-0.39, 0.29) is 5.75 Å². The second kappa shape index (κ2) is 6.67. The number of nitrogens with zero attached hydrogens (tertiary/aromatic N) is 1. The number of phenols is 1. The molecule has 0 radical (unpaired) electrons. The molecule has 0 spiro atoms. The van der Waals surface area contributed by atoms with E-state index in [1.54, 1.807) is 6.20 Å². The van der Waals surface area contributed by atoms with Gasteiger partial charge in [-0.05, 0) is 80.2 Å². The summed E-state index contributed by atoms with van der Waals surface area (Å²) in [5.74, 6) is 0.235. The molecule has 0 aliphatic carbocycles. The van der Waals surface area contributed by atoms with Crippen molar-refractivity contribution in [2.45, 2.75) is 6.42 Å². The summed E-state index contributed by atoms with van der Waals surface area (Å²) in [7, 11) is 0. The third-order valence-electron chi connectivity index (χ3n) is 3.42. The second-order valence-electron chi connectivity index (χ2n) is 5.00. The number of nitrogens with one attached hydrogen (secondary N) is 1. The Kier molecular flexibility index (Phi) is 4.64. The Morgan fingerprint density at radius 2 is 1.82 bits per heavy atom. The molecular formula is C17H14Br2N2O. The lowest BCUT2D eigenvalue weighted by molar-refractivity contribution is 0.468. The van der Waals surface area contributed by atoms with Gasteiger partial charge in [0.1, 0.15) is 5.75 Å². The van der Waals surface area contributed by atoms with E-state index >= 15 is 0 Å². The van der Waals surface area contributed by atoms with Crippen LogP contribution in [0.5, 0.6) is 5.75 Å². The molecule has 0 atom stereocenters. The predicted octanol–water partition coefficient (Wildman–Crippen LogP) is 5.12. The van der Waals surface area contributed by atoms with Gasteiger partial charge in [-0.2, -0.15) is 0 Å². The molecule has 112 valence electrons. The van der Waals surface area contributed by atoms with Gasteiger partial charge in [-0.25, -0.2) is 0 Å². The van der Waals surface area contributed by atoms with Crippen LogP contribution in [0.15, 0.2) is 57.6 Å². The van der Waals surface area contributed by atoms with Crippen LogP contribution in [0, 0.1) is 0 Å². The van der Waals surface area contributed by atoms with E-state index in [1.807, 2.05) is 30.3 Å². The van der Waals surface area contributed by atoms with Gasteiger partial charge < -0.3 is 10.4 Å². The standard InChI is InChI=1S/C17H14Br2N2O/c18-14-8-11(9-15(19)17(14)22)5-7-20-13-3-4-16-12(10-13)2-1-6-21-16/h1-4,6,8-10,20,22H,5,7H2. The highest BCUT2D eigenvalue weighted by Crippen LogP contribution is 2.33. The van der Waals surface area contributed by atoms with Gasteiger partial charge in [0, 0.05) is 23.8 Å². The SMILES string of the molecule is Oc1c(Br)cc(CCNc2ccc3ncccc3c2)cc1Br. The Morgan fingerprint density at radius 1 is 1.05 bits per heavy atom. The monoisotopic (exact) mass is 420 g/mol. The number of halogens is 2. The van der Waals surface area contributed by atoms with Crippen molar-refractivity contribution in [3.8, 4) is 5.75 Å². The lowest BCUT2D eigenvalue weighted by atomic mass is 10.1. The first-order valence-electron chi connectivity index (χ1n) is 6.89. The fraction of sp³-hybridized carbons (Fsp3) is 0.118. The zero-order valence-corrected chi connectivity index (χ0v) is 14.9. The summed E-state index contributed by atoms with van der Waals surface area (Å²) in [6, 6.07) is 14.0. The first kappa shape index (κ1) is 15.3. The molecule has 1 aromatic heterocycles. The lowest BCUT2D eigenvalue weighted by Crippen LogP contribution is -2.04. The van der Waals surface area contributed by atoms with Crippen LogP contribution in [-0.2, 0) is 6.42 Å². The van der Waals surface area contributed by atoms with Gasteiger partial charge >= 0.3 is 0 Å². The molecule has 3 aromatic rings. The number of anilines is 1. The molecule has 0 amide bonds. The normalized spacial score (nSPS) is 10.8. The first-order chi connectivity index (χ1) is 10.6. The maximum atomic E-state index is 9.72. The van der Waals surface area contributed by atoms with Gasteiger partial charge in [0.15, 0.2) is 0 Å². The molecular weight excluding hydrogens is 408 g/mol. The molecule has 0 aliphatic rings. The first-order valence-corrected chi connectivity index (χ1v) is 8.47. The van der Waals surface area contributed by atoms with E-state index in [9.17, 15) is 5.11 Å². The van der Waals surface area contributed by atoms with Crippen LogP contribution in [0.2, 0.25) is 0 Å². The maximum absolute atomic E-state index is 9.72. The Labute approximate surface area is 145 Å². The summed E-state index contributed by atoms with van der Waals surface area (Å²) in [6.45, 7) is 0.815. The van der Waals surface area contributed by atoms with Gasteiger partial charge in [-0.1, -0.05) is 6.07 Å². The molecule has 2 aromatic carbocycles. The highest BCUT2D eigenvalue weighted by Gasteiger charge is 2.05. The van der Waals surface area contributed by atoms with E-state index in [0.29, 0.717) is 8.95 Å². The Hall–Kier alpha value is -1.59. The molecule has 0 aliphatic heterocycles. The molecule has 5 heteroatoms. The van der Waals surface area contributed by atoms with Gasteiger partial charge in [-0.3, -0.25) is 4.98 Å². The van der Waals surface area contributed by atoms with Crippen molar-refractivity contribution in [2.24, 2.45) is 0 Å². The average molecular weight is 422 g/mol. The van der Waals surface area contributed by atoms with E-state index < -0.39 is 0 Å². The van der Waals surface area contributed by atoms with E-state index in [4.69, 9.17) is 0 Å². The Balaban J connectivity index is 1.67. The van der Waals surface area contributed by atoms with E-state index in [2.05, 4.69) is 54.3 Å². The van der Waals surface area contributed by atoms with Crippen molar-refractivity contribution < 1.29 is 5.11 Å². The summed E-state index contributed by atoms with van der Waals surface area (Å²) in [4.78, 5) is 4.32. The number of hydrogen-bond acceptors (Lipinski definition) is 3. The smallest absolute Gasteiger partial charge is 0.143 e. The van der Waals surface area contributed by atoms with Crippen molar-refractivity contribution in [1.29, 1.82) is 0 Å². The summed E-state index contributed by atoms with van der Waals surface area (Å²) < 4.78 is 1.40. The molecule has 3 nitrogen and oxygen atoms in total.